The first-order valence-electron chi connectivity index (χ1n) is 9.70. The Bertz CT molecular complexity index is 1130. The van der Waals surface area contributed by atoms with E-state index in [9.17, 15) is 9.18 Å². The highest BCUT2D eigenvalue weighted by Crippen LogP contribution is 2.45. The van der Waals surface area contributed by atoms with E-state index in [0.717, 1.165) is 16.8 Å². The largest absolute Gasteiger partial charge is 0.493 e. The highest BCUT2D eigenvalue weighted by molar-refractivity contribution is 8.00. The average Bonchev–Trinajstić information content (AvgIpc) is 2.97. The van der Waals surface area contributed by atoms with E-state index in [-0.39, 0.29) is 17.0 Å². The summed E-state index contributed by atoms with van der Waals surface area (Å²) in [6, 6.07) is 11.8. The van der Waals surface area contributed by atoms with E-state index in [1.54, 1.807) is 30.0 Å². The first-order chi connectivity index (χ1) is 15.0. The number of hydrogen-bond acceptors (Lipinski definition) is 5. The summed E-state index contributed by atoms with van der Waals surface area (Å²) in [6.45, 7) is 5.95. The van der Waals surface area contributed by atoms with Crippen molar-refractivity contribution in [1.82, 2.24) is 9.78 Å². The van der Waals surface area contributed by atoms with Gasteiger partial charge in [0.2, 0.25) is 5.91 Å². The van der Waals surface area contributed by atoms with E-state index >= 15 is 0 Å². The molecule has 1 N–H and O–H groups in total. The predicted molar refractivity (Wildman–Crippen MR) is 120 cm³/mol. The van der Waals surface area contributed by atoms with Crippen molar-refractivity contribution < 1.29 is 18.7 Å². The second-order valence-electron chi connectivity index (χ2n) is 6.99. The molecule has 4 rings (SSSR count). The molecule has 0 aliphatic carbocycles. The lowest BCUT2D eigenvalue weighted by Crippen LogP contribution is -2.15. The van der Waals surface area contributed by atoms with Gasteiger partial charge >= 0.3 is 0 Å². The number of nitrogens with one attached hydrogen (secondary N) is 1. The number of halogens is 1. The number of hydrogen-bond donors (Lipinski definition) is 1. The third-order valence-corrected chi connectivity index (χ3v) is 6.20. The van der Waals surface area contributed by atoms with Gasteiger partial charge in [0.05, 0.1) is 29.5 Å². The van der Waals surface area contributed by atoms with Gasteiger partial charge in [-0.25, -0.2) is 9.07 Å². The van der Waals surface area contributed by atoms with Crippen molar-refractivity contribution >= 4 is 23.5 Å². The van der Waals surface area contributed by atoms with Crippen LogP contribution in [0.25, 0.3) is 5.69 Å². The highest BCUT2D eigenvalue weighted by atomic mass is 32.2. The Morgan fingerprint density at radius 1 is 1.29 bits per heavy atom. The molecule has 0 saturated carbocycles. The number of amides is 1. The van der Waals surface area contributed by atoms with E-state index in [4.69, 9.17) is 9.47 Å². The molecule has 1 amide bonds. The second kappa shape index (κ2) is 8.85. The minimum absolute atomic E-state index is 0.116. The van der Waals surface area contributed by atoms with Crippen LogP contribution in [-0.4, -0.2) is 35.2 Å². The molecule has 1 aromatic heterocycles. The first kappa shape index (κ1) is 21.0. The van der Waals surface area contributed by atoms with Crippen molar-refractivity contribution in [3.63, 3.8) is 0 Å². The Labute approximate surface area is 184 Å². The van der Waals surface area contributed by atoms with Crippen LogP contribution in [0.5, 0.6) is 11.5 Å². The predicted octanol–water partition coefficient (Wildman–Crippen LogP) is 4.67. The molecular weight excluding hydrogens is 417 g/mol. The zero-order chi connectivity index (χ0) is 22.0. The maximum Gasteiger partial charge on any atom is 0.235 e. The molecule has 0 bridgehead atoms. The van der Waals surface area contributed by atoms with E-state index in [1.165, 1.54) is 23.9 Å². The van der Waals surface area contributed by atoms with Gasteiger partial charge in [0.25, 0.3) is 0 Å². The number of anilines is 1. The smallest absolute Gasteiger partial charge is 0.235 e. The van der Waals surface area contributed by atoms with Gasteiger partial charge in [-0.05, 0) is 48.9 Å². The van der Waals surface area contributed by atoms with E-state index in [1.807, 2.05) is 25.1 Å². The molecule has 1 atom stereocenters. The van der Waals surface area contributed by atoms with Crippen LogP contribution in [-0.2, 0) is 4.79 Å². The SMILES string of the molecule is C=CCOc1ccc(C2SCC(=O)Nc3c2c(C)nn3-c2ccc(F)cc2)cc1OC. The van der Waals surface area contributed by atoms with Crippen LogP contribution in [0.15, 0.2) is 55.1 Å². The number of carbonyl (C=O) groups is 1. The lowest BCUT2D eigenvalue weighted by molar-refractivity contribution is -0.113. The fraction of sp³-hybridized carbons (Fsp3) is 0.217. The number of carbonyl (C=O) groups excluding carboxylic acids is 1. The van der Waals surface area contributed by atoms with Crippen LogP contribution in [0.4, 0.5) is 10.2 Å². The van der Waals surface area contributed by atoms with E-state index in [0.29, 0.717) is 35.4 Å². The number of methoxy groups -OCH3 is 1. The fourth-order valence-electron chi connectivity index (χ4n) is 3.53. The van der Waals surface area contributed by atoms with Crippen molar-refractivity contribution in [2.24, 2.45) is 0 Å². The minimum Gasteiger partial charge on any atom is -0.493 e. The van der Waals surface area contributed by atoms with Crippen molar-refractivity contribution in [1.29, 1.82) is 0 Å². The zero-order valence-corrected chi connectivity index (χ0v) is 18.0. The lowest BCUT2D eigenvalue weighted by atomic mass is 10.0. The number of thioether (sulfide) groups is 1. The van der Waals surface area contributed by atoms with Crippen LogP contribution in [0.1, 0.15) is 22.1 Å². The van der Waals surface area contributed by atoms with Gasteiger partial charge in [0, 0.05) is 5.56 Å². The van der Waals surface area contributed by atoms with E-state index in [2.05, 4.69) is 17.0 Å². The maximum absolute atomic E-state index is 13.4. The molecule has 0 saturated heterocycles. The third kappa shape index (κ3) is 4.16. The standard InChI is InChI=1S/C23H22FN3O3S/c1-4-11-30-18-10-5-15(12-19(18)29-3)22-21-14(2)26-27(17-8-6-16(24)7-9-17)23(21)25-20(28)13-31-22/h4-10,12,22H,1,11,13H2,2-3H3,(H,25,28). The molecule has 2 aromatic carbocycles. The molecule has 6 nitrogen and oxygen atoms in total. The van der Waals surface area contributed by atoms with Gasteiger partial charge < -0.3 is 14.8 Å². The summed E-state index contributed by atoms with van der Waals surface area (Å²) in [5, 5.41) is 7.47. The highest BCUT2D eigenvalue weighted by Gasteiger charge is 2.31. The summed E-state index contributed by atoms with van der Waals surface area (Å²) >= 11 is 1.52. The molecule has 160 valence electrons. The van der Waals surface area contributed by atoms with Gasteiger partial charge in [0.1, 0.15) is 18.2 Å². The second-order valence-corrected chi connectivity index (χ2v) is 8.08. The molecule has 0 spiro atoms. The number of benzene rings is 2. The first-order valence-corrected chi connectivity index (χ1v) is 10.7. The molecule has 1 aliphatic rings. The molecule has 2 heterocycles. The molecule has 8 heteroatoms. The number of aryl methyl sites for hydroxylation is 1. The van der Waals surface area contributed by atoms with Crippen molar-refractivity contribution in [3.05, 3.63) is 77.8 Å². The third-order valence-electron chi connectivity index (χ3n) is 4.93. The molecule has 1 unspecified atom stereocenters. The van der Waals surface area contributed by atoms with Crippen LogP contribution >= 0.6 is 11.8 Å². The Morgan fingerprint density at radius 2 is 2.06 bits per heavy atom. The summed E-state index contributed by atoms with van der Waals surface area (Å²) in [6.07, 6.45) is 1.67. The minimum atomic E-state index is -0.331. The normalized spacial score (nSPS) is 15.6. The Morgan fingerprint density at radius 3 is 2.77 bits per heavy atom. The average molecular weight is 440 g/mol. The number of nitrogens with zero attached hydrogens (tertiary/aromatic N) is 2. The molecule has 31 heavy (non-hydrogen) atoms. The zero-order valence-electron chi connectivity index (χ0n) is 17.2. The van der Waals surface area contributed by atoms with E-state index < -0.39 is 0 Å². The van der Waals surface area contributed by atoms with Crippen molar-refractivity contribution in [2.45, 2.75) is 12.2 Å². The maximum atomic E-state index is 13.4. The summed E-state index contributed by atoms with van der Waals surface area (Å²) in [7, 11) is 1.59. The van der Waals surface area contributed by atoms with Crippen molar-refractivity contribution in [2.75, 3.05) is 24.8 Å². The Balaban J connectivity index is 1.80. The summed E-state index contributed by atoms with van der Waals surface area (Å²) in [5.74, 6) is 1.66. The topological polar surface area (TPSA) is 65.4 Å². The van der Waals surface area contributed by atoms with Gasteiger partial charge in [0.15, 0.2) is 11.5 Å². The van der Waals surface area contributed by atoms with Gasteiger partial charge in [-0.1, -0.05) is 18.7 Å². The summed E-state index contributed by atoms with van der Waals surface area (Å²) in [5.41, 5.74) is 3.32. The van der Waals surface area contributed by atoms with Gasteiger partial charge in [-0.3, -0.25) is 4.79 Å². The fourth-order valence-corrected chi connectivity index (χ4v) is 4.71. The van der Waals surface area contributed by atoms with Crippen LogP contribution < -0.4 is 14.8 Å². The molecular formula is C23H22FN3O3S. The number of fused-ring (bicyclic) bond motifs is 1. The monoisotopic (exact) mass is 439 g/mol. The van der Waals surface area contributed by atoms with Crippen LogP contribution in [0.2, 0.25) is 0 Å². The Kier molecular flexibility index (Phi) is 5.99. The number of rotatable bonds is 6. The summed E-state index contributed by atoms with van der Waals surface area (Å²) in [4.78, 5) is 12.5. The molecule has 1 aliphatic heterocycles. The van der Waals surface area contributed by atoms with Crippen molar-refractivity contribution in [3.8, 4) is 17.2 Å². The molecule has 3 aromatic rings. The number of aromatic nitrogens is 2. The van der Waals surface area contributed by atoms with Crippen LogP contribution in [0, 0.1) is 12.7 Å². The van der Waals surface area contributed by atoms with Gasteiger partial charge in [-0.2, -0.15) is 5.10 Å². The molecule has 0 fully saturated rings. The quantitative estimate of drug-likeness (QED) is 0.566. The Hall–Kier alpha value is -3.26. The lowest BCUT2D eigenvalue weighted by Gasteiger charge is -2.18. The van der Waals surface area contributed by atoms with Crippen LogP contribution in [0.3, 0.4) is 0 Å². The molecule has 0 radical (unpaired) electrons. The number of ether oxygens (including phenoxy) is 2. The summed E-state index contributed by atoms with van der Waals surface area (Å²) < 4.78 is 26.2. The van der Waals surface area contributed by atoms with Gasteiger partial charge in [-0.15, -0.1) is 11.8 Å².